The van der Waals surface area contributed by atoms with Gasteiger partial charge in [-0.15, -0.1) is 11.8 Å². The predicted octanol–water partition coefficient (Wildman–Crippen LogP) is 5.11. The van der Waals surface area contributed by atoms with E-state index in [0.29, 0.717) is 5.88 Å². The molecule has 5 nitrogen and oxygen atoms in total. The number of anilines is 1. The van der Waals surface area contributed by atoms with Crippen molar-refractivity contribution in [1.29, 1.82) is 0 Å². The molecule has 3 rings (SSSR count). The predicted molar refractivity (Wildman–Crippen MR) is 119 cm³/mol. The van der Waals surface area contributed by atoms with Crippen LogP contribution < -0.4 is 15.2 Å². The maximum absolute atomic E-state index is 5.67. The first kappa shape index (κ1) is 21.1. The average molecular weight is 413 g/mol. The number of thioether (sulfide) groups is 1. The van der Waals surface area contributed by atoms with Crippen LogP contribution in [0.2, 0.25) is 0 Å². The third-order valence-corrected chi connectivity index (χ3v) is 5.78. The second-order valence-corrected chi connectivity index (χ2v) is 7.77. The van der Waals surface area contributed by atoms with Gasteiger partial charge in [0.1, 0.15) is 0 Å². The van der Waals surface area contributed by atoms with Gasteiger partial charge >= 0.3 is 0 Å². The number of benzene rings is 2. The molecule has 154 valence electrons. The maximum atomic E-state index is 5.67. The Kier molecular flexibility index (Phi) is 7.90. The van der Waals surface area contributed by atoms with Gasteiger partial charge in [-0.25, -0.2) is 5.48 Å². The van der Waals surface area contributed by atoms with E-state index < -0.39 is 0 Å². The minimum atomic E-state index is 0.616. The van der Waals surface area contributed by atoms with Crippen molar-refractivity contribution >= 4 is 17.4 Å². The molecule has 1 fully saturated rings. The van der Waals surface area contributed by atoms with Crippen LogP contribution in [0.25, 0.3) is 0 Å². The van der Waals surface area contributed by atoms with Crippen LogP contribution in [-0.4, -0.2) is 27.4 Å². The summed E-state index contributed by atoms with van der Waals surface area (Å²) in [5, 5.41) is 0. The normalized spacial score (nSPS) is 13.5. The molecule has 0 aromatic heterocycles. The summed E-state index contributed by atoms with van der Waals surface area (Å²) in [5.74, 6) is 2.30. The molecule has 0 spiro atoms. The maximum Gasteiger partial charge on any atom is 0.185 e. The smallest absolute Gasteiger partial charge is 0.185 e. The van der Waals surface area contributed by atoms with Crippen molar-refractivity contribution in [2.24, 2.45) is 0 Å². The lowest BCUT2D eigenvalue weighted by Gasteiger charge is -2.20. The van der Waals surface area contributed by atoms with Crippen molar-refractivity contribution in [2.75, 3.05) is 32.3 Å². The topological polar surface area (TPSA) is 43.0 Å². The highest BCUT2D eigenvalue weighted by molar-refractivity contribution is 7.98. The molecule has 2 aromatic rings. The zero-order chi connectivity index (χ0) is 20.5. The van der Waals surface area contributed by atoms with E-state index in [4.69, 9.17) is 14.3 Å². The second kappa shape index (κ2) is 10.8. The fourth-order valence-electron chi connectivity index (χ4n) is 2.85. The van der Waals surface area contributed by atoms with Gasteiger partial charge in [0.25, 0.3) is 0 Å². The van der Waals surface area contributed by atoms with Gasteiger partial charge in [-0.1, -0.05) is 18.2 Å². The van der Waals surface area contributed by atoms with Gasteiger partial charge in [-0.2, -0.15) is 0 Å². The van der Waals surface area contributed by atoms with Crippen LogP contribution in [0.15, 0.2) is 77.7 Å². The molecule has 1 aliphatic heterocycles. The SMILES string of the molecule is C=C(OC)N(C)c1ccc(CSc2cccc(ONC=C3CCOCC3)c2)cc1. The molecule has 1 heterocycles. The quantitative estimate of drug-likeness (QED) is 0.351. The molecule has 1 saturated heterocycles. The highest BCUT2D eigenvalue weighted by Crippen LogP contribution is 2.27. The number of ether oxygens (including phenoxy) is 2. The summed E-state index contributed by atoms with van der Waals surface area (Å²) < 4.78 is 10.5. The number of rotatable bonds is 9. The summed E-state index contributed by atoms with van der Waals surface area (Å²) in [6.45, 7) is 5.46. The van der Waals surface area contributed by atoms with Crippen LogP contribution in [0.3, 0.4) is 0 Å². The highest BCUT2D eigenvalue weighted by Gasteiger charge is 2.06. The standard InChI is InChI=1S/C23H28N2O3S/c1-18(26-3)25(2)21-9-7-20(8-10-21)17-29-23-6-4-5-22(15-23)28-24-16-19-11-13-27-14-12-19/h4-10,15-16,24H,1,11-14,17H2,2-3H3. The van der Waals surface area contributed by atoms with Gasteiger partial charge in [-0.05, 0) is 60.9 Å². The van der Waals surface area contributed by atoms with Gasteiger partial charge in [0.05, 0.1) is 20.3 Å². The Balaban J connectivity index is 1.50. The van der Waals surface area contributed by atoms with Gasteiger partial charge < -0.3 is 19.2 Å². The number of hydrogen-bond acceptors (Lipinski definition) is 6. The second-order valence-electron chi connectivity index (χ2n) is 6.72. The third-order valence-electron chi connectivity index (χ3n) is 4.72. The van der Waals surface area contributed by atoms with Crippen molar-refractivity contribution in [3.8, 4) is 5.75 Å². The zero-order valence-electron chi connectivity index (χ0n) is 17.0. The van der Waals surface area contributed by atoms with Crippen LogP contribution in [0, 0.1) is 0 Å². The minimum absolute atomic E-state index is 0.616. The van der Waals surface area contributed by atoms with E-state index in [1.807, 2.05) is 36.3 Å². The summed E-state index contributed by atoms with van der Waals surface area (Å²) in [7, 11) is 3.56. The number of hydroxylamine groups is 1. The Bertz CT molecular complexity index is 828. The molecule has 1 N–H and O–H groups in total. The number of nitrogens with one attached hydrogen (secondary N) is 1. The first-order valence-corrected chi connectivity index (χ1v) is 10.6. The lowest BCUT2D eigenvalue weighted by Crippen LogP contribution is -2.16. The van der Waals surface area contributed by atoms with Crippen LogP contribution >= 0.6 is 11.8 Å². The molecular formula is C23H28N2O3S. The molecule has 2 aromatic carbocycles. The summed E-state index contributed by atoms with van der Waals surface area (Å²) in [4.78, 5) is 8.75. The Morgan fingerprint density at radius 3 is 2.69 bits per heavy atom. The summed E-state index contributed by atoms with van der Waals surface area (Å²) >= 11 is 1.78. The molecule has 0 aliphatic carbocycles. The van der Waals surface area contributed by atoms with Crippen molar-refractivity contribution in [2.45, 2.75) is 23.5 Å². The average Bonchev–Trinajstić information content (AvgIpc) is 2.78. The van der Waals surface area contributed by atoms with E-state index in [-0.39, 0.29) is 0 Å². The van der Waals surface area contributed by atoms with Gasteiger partial charge in [-0.3, -0.25) is 0 Å². The molecule has 0 amide bonds. The molecular weight excluding hydrogens is 384 g/mol. The van der Waals surface area contributed by atoms with Crippen LogP contribution in [-0.2, 0) is 15.2 Å². The van der Waals surface area contributed by atoms with Crippen molar-refractivity contribution in [3.63, 3.8) is 0 Å². The summed E-state index contributed by atoms with van der Waals surface area (Å²) in [6, 6.07) is 16.5. The van der Waals surface area contributed by atoms with Gasteiger partial charge in [0.15, 0.2) is 11.6 Å². The molecule has 6 heteroatoms. The van der Waals surface area contributed by atoms with E-state index in [0.717, 1.165) is 48.1 Å². The molecule has 1 aliphatic rings. The number of hydrogen-bond donors (Lipinski definition) is 1. The zero-order valence-corrected chi connectivity index (χ0v) is 17.8. The van der Waals surface area contributed by atoms with Crippen LogP contribution in [0.5, 0.6) is 5.75 Å². The first-order valence-electron chi connectivity index (χ1n) is 9.62. The molecule has 0 saturated carbocycles. The summed E-state index contributed by atoms with van der Waals surface area (Å²) in [6.07, 6.45) is 3.86. The summed E-state index contributed by atoms with van der Waals surface area (Å²) in [5.41, 5.74) is 6.58. The Morgan fingerprint density at radius 2 is 1.97 bits per heavy atom. The molecule has 0 bridgehead atoms. The Morgan fingerprint density at radius 1 is 1.21 bits per heavy atom. The minimum Gasteiger partial charge on any atom is -0.483 e. The Hall–Kier alpha value is -2.57. The van der Waals surface area contributed by atoms with E-state index in [2.05, 4.69) is 42.4 Å². The van der Waals surface area contributed by atoms with E-state index in [9.17, 15) is 0 Å². The fraction of sp³-hybridized carbons (Fsp3) is 0.304. The number of methoxy groups -OCH3 is 1. The van der Waals surface area contributed by atoms with Crippen molar-refractivity contribution in [3.05, 3.63) is 78.3 Å². The third kappa shape index (κ3) is 6.48. The van der Waals surface area contributed by atoms with Crippen LogP contribution in [0.1, 0.15) is 18.4 Å². The number of nitrogens with zero attached hydrogens (tertiary/aromatic N) is 1. The Labute approximate surface area is 177 Å². The lowest BCUT2D eigenvalue weighted by molar-refractivity contribution is 0.117. The van der Waals surface area contributed by atoms with Gasteiger partial charge in [0, 0.05) is 29.6 Å². The monoisotopic (exact) mass is 412 g/mol. The lowest BCUT2D eigenvalue weighted by atomic mass is 10.1. The van der Waals surface area contributed by atoms with E-state index >= 15 is 0 Å². The van der Waals surface area contributed by atoms with Crippen LogP contribution in [0.4, 0.5) is 5.69 Å². The molecule has 29 heavy (non-hydrogen) atoms. The molecule has 0 atom stereocenters. The van der Waals surface area contributed by atoms with E-state index in [1.165, 1.54) is 11.1 Å². The highest BCUT2D eigenvalue weighted by atomic mass is 32.2. The molecule has 0 unspecified atom stereocenters. The van der Waals surface area contributed by atoms with Crippen molar-refractivity contribution < 1.29 is 14.3 Å². The van der Waals surface area contributed by atoms with Crippen molar-refractivity contribution in [1.82, 2.24) is 5.48 Å². The first-order chi connectivity index (χ1) is 14.2. The van der Waals surface area contributed by atoms with E-state index in [1.54, 1.807) is 18.9 Å². The molecule has 0 radical (unpaired) electrons. The fourth-order valence-corrected chi connectivity index (χ4v) is 3.75. The van der Waals surface area contributed by atoms with Gasteiger partial charge in [0.2, 0.25) is 0 Å². The largest absolute Gasteiger partial charge is 0.483 e.